The Kier molecular flexibility index (Phi) is 5.24. The lowest BCUT2D eigenvalue weighted by atomic mass is 9.87. The number of rotatable bonds is 4. The van der Waals surface area contributed by atoms with Crippen molar-refractivity contribution in [3.05, 3.63) is 86.7 Å². The van der Waals surface area contributed by atoms with Gasteiger partial charge in [-0.2, -0.15) is 4.98 Å². The van der Waals surface area contributed by atoms with Crippen LogP contribution >= 0.6 is 23.4 Å². The predicted molar refractivity (Wildman–Crippen MR) is 112 cm³/mol. The van der Waals surface area contributed by atoms with Crippen LogP contribution in [0.2, 0.25) is 5.02 Å². The summed E-state index contributed by atoms with van der Waals surface area (Å²) in [4.78, 5) is 29.5. The summed E-state index contributed by atoms with van der Waals surface area (Å²) in [5.41, 5.74) is 2.27. The van der Waals surface area contributed by atoms with Crippen LogP contribution in [0.15, 0.2) is 64.5 Å². The molecule has 142 valence electrons. The van der Waals surface area contributed by atoms with Gasteiger partial charge in [0.05, 0.1) is 5.56 Å². The van der Waals surface area contributed by atoms with E-state index < -0.39 is 0 Å². The highest BCUT2D eigenvalue weighted by atomic mass is 35.5. The Morgan fingerprint density at radius 3 is 2.57 bits per heavy atom. The third-order valence-corrected chi connectivity index (χ3v) is 6.14. The van der Waals surface area contributed by atoms with Crippen LogP contribution in [0.25, 0.3) is 0 Å². The smallest absolute Gasteiger partial charge is 0.279 e. The first-order valence-corrected chi connectivity index (χ1v) is 10.2. The Bertz CT molecular complexity index is 1080. The molecule has 1 aromatic heterocycles. The standard InChI is InChI=1S/C21H18ClN3O2S/c1-25-19-18(16(11-17(26)23-19)14-5-3-2-4-6-14)20(27)24-21(25)28-12-13-7-9-15(22)10-8-13/h2-10,16H,11-12H2,1H3,(H,23,26). The van der Waals surface area contributed by atoms with Gasteiger partial charge in [-0.15, -0.1) is 0 Å². The number of fused-ring (bicyclic) bond motifs is 1. The summed E-state index contributed by atoms with van der Waals surface area (Å²) in [5, 5.41) is 4.11. The van der Waals surface area contributed by atoms with Crippen molar-refractivity contribution in [2.75, 3.05) is 5.32 Å². The largest absolute Gasteiger partial charge is 0.312 e. The maximum atomic E-state index is 12.9. The van der Waals surface area contributed by atoms with Gasteiger partial charge in [-0.25, -0.2) is 0 Å². The van der Waals surface area contributed by atoms with Crippen LogP contribution in [-0.2, 0) is 17.6 Å². The van der Waals surface area contributed by atoms with Gasteiger partial charge in [0.15, 0.2) is 5.16 Å². The van der Waals surface area contributed by atoms with E-state index in [0.29, 0.717) is 27.3 Å². The first kappa shape index (κ1) is 18.8. The SMILES string of the molecule is Cn1c(SCc2ccc(Cl)cc2)nc(=O)c2c1NC(=O)CC2c1ccccc1. The monoisotopic (exact) mass is 411 g/mol. The van der Waals surface area contributed by atoms with E-state index in [-0.39, 0.29) is 23.8 Å². The number of benzene rings is 2. The lowest BCUT2D eigenvalue weighted by molar-refractivity contribution is -0.116. The molecular formula is C21H18ClN3O2S. The second-order valence-corrected chi connectivity index (χ2v) is 8.03. The van der Waals surface area contributed by atoms with E-state index in [1.807, 2.05) is 61.6 Å². The summed E-state index contributed by atoms with van der Waals surface area (Å²) in [5.74, 6) is 0.790. The maximum absolute atomic E-state index is 12.9. The van der Waals surface area contributed by atoms with Gasteiger partial charge >= 0.3 is 0 Å². The number of thioether (sulfide) groups is 1. The summed E-state index contributed by atoms with van der Waals surface area (Å²) in [7, 11) is 1.82. The van der Waals surface area contributed by atoms with Crippen LogP contribution in [0, 0.1) is 0 Å². The number of nitrogens with zero attached hydrogens (tertiary/aromatic N) is 2. The third-order valence-electron chi connectivity index (χ3n) is 4.78. The minimum absolute atomic E-state index is 0.101. The molecule has 5 nitrogen and oxygen atoms in total. The molecule has 2 aromatic carbocycles. The molecule has 0 bridgehead atoms. The van der Waals surface area contributed by atoms with Crippen LogP contribution < -0.4 is 10.9 Å². The lowest BCUT2D eigenvalue weighted by Crippen LogP contribution is -2.33. The number of aromatic nitrogens is 2. The van der Waals surface area contributed by atoms with Crippen LogP contribution in [0.4, 0.5) is 5.82 Å². The van der Waals surface area contributed by atoms with E-state index in [0.717, 1.165) is 11.1 Å². The fourth-order valence-corrected chi connectivity index (χ4v) is 4.41. The number of amides is 1. The topological polar surface area (TPSA) is 64.0 Å². The number of hydrogen-bond donors (Lipinski definition) is 1. The van der Waals surface area contributed by atoms with Crippen molar-refractivity contribution in [3.8, 4) is 0 Å². The minimum Gasteiger partial charge on any atom is -0.312 e. The third kappa shape index (κ3) is 3.70. The molecule has 4 rings (SSSR count). The highest BCUT2D eigenvalue weighted by molar-refractivity contribution is 7.98. The maximum Gasteiger partial charge on any atom is 0.279 e. The zero-order valence-electron chi connectivity index (χ0n) is 15.2. The Labute approximate surface area is 171 Å². The van der Waals surface area contributed by atoms with Gasteiger partial charge in [0.25, 0.3) is 5.56 Å². The molecule has 1 unspecified atom stereocenters. The molecule has 1 atom stereocenters. The Morgan fingerprint density at radius 2 is 1.86 bits per heavy atom. The zero-order valence-corrected chi connectivity index (χ0v) is 16.8. The molecule has 1 aliphatic rings. The molecule has 0 saturated heterocycles. The fourth-order valence-electron chi connectivity index (χ4n) is 3.36. The lowest BCUT2D eigenvalue weighted by Gasteiger charge is -2.27. The molecule has 28 heavy (non-hydrogen) atoms. The summed E-state index contributed by atoms with van der Waals surface area (Å²) in [6, 6.07) is 17.2. The normalized spacial score (nSPS) is 15.8. The number of nitrogens with one attached hydrogen (secondary N) is 1. The molecule has 0 saturated carbocycles. The van der Waals surface area contributed by atoms with Crippen molar-refractivity contribution in [2.24, 2.45) is 7.05 Å². The average molecular weight is 412 g/mol. The van der Waals surface area contributed by atoms with Gasteiger partial charge in [-0.1, -0.05) is 65.8 Å². The van der Waals surface area contributed by atoms with E-state index in [1.54, 1.807) is 4.57 Å². The van der Waals surface area contributed by atoms with Crippen LogP contribution in [0.3, 0.4) is 0 Å². The predicted octanol–water partition coefficient (Wildman–Crippen LogP) is 4.20. The van der Waals surface area contributed by atoms with Crippen LogP contribution in [0.5, 0.6) is 0 Å². The van der Waals surface area contributed by atoms with Crippen molar-refractivity contribution in [1.82, 2.24) is 9.55 Å². The number of halogens is 1. The second kappa shape index (κ2) is 7.81. The van der Waals surface area contributed by atoms with E-state index in [2.05, 4.69) is 10.3 Å². The van der Waals surface area contributed by atoms with Gasteiger partial charge in [-0.05, 0) is 23.3 Å². The molecule has 1 N–H and O–H groups in total. The van der Waals surface area contributed by atoms with Gasteiger partial charge in [-0.3, -0.25) is 9.59 Å². The van der Waals surface area contributed by atoms with E-state index in [4.69, 9.17) is 11.6 Å². The molecule has 2 heterocycles. The highest BCUT2D eigenvalue weighted by Gasteiger charge is 2.31. The molecule has 3 aromatic rings. The Balaban J connectivity index is 1.70. The first-order valence-electron chi connectivity index (χ1n) is 8.86. The molecule has 7 heteroatoms. The van der Waals surface area contributed by atoms with Gasteiger partial charge in [0.1, 0.15) is 5.82 Å². The van der Waals surface area contributed by atoms with Crippen molar-refractivity contribution in [3.63, 3.8) is 0 Å². The molecular weight excluding hydrogens is 394 g/mol. The van der Waals surface area contributed by atoms with Crippen molar-refractivity contribution in [1.29, 1.82) is 0 Å². The van der Waals surface area contributed by atoms with Crippen molar-refractivity contribution >= 4 is 35.1 Å². The summed E-state index contributed by atoms with van der Waals surface area (Å²) < 4.78 is 1.80. The van der Waals surface area contributed by atoms with Crippen LogP contribution in [-0.4, -0.2) is 15.5 Å². The van der Waals surface area contributed by atoms with E-state index in [1.165, 1.54) is 11.8 Å². The van der Waals surface area contributed by atoms with Gasteiger partial charge in [0.2, 0.25) is 5.91 Å². The number of anilines is 1. The fraction of sp³-hybridized carbons (Fsp3) is 0.190. The Morgan fingerprint density at radius 1 is 1.14 bits per heavy atom. The molecule has 0 radical (unpaired) electrons. The number of carbonyl (C=O) groups excluding carboxylic acids is 1. The second-order valence-electron chi connectivity index (χ2n) is 6.65. The number of hydrogen-bond acceptors (Lipinski definition) is 4. The van der Waals surface area contributed by atoms with Crippen molar-refractivity contribution < 1.29 is 4.79 Å². The van der Waals surface area contributed by atoms with Crippen LogP contribution in [0.1, 0.15) is 29.0 Å². The van der Waals surface area contributed by atoms with Gasteiger partial charge in [0, 0.05) is 30.2 Å². The molecule has 0 spiro atoms. The number of carbonyl (C=O) groups is 1. The Hall–Kier alpha value is -2.57. The summed E-state index contributed by atoms with van der Waals surface area (Å²) >= 11 is 7.38. The molecule has 1 aliphatic heterocycles. The van der Waals surface area contributed by atoms with E-state index in [9.17, 15) is 9.59 Å². The molecule has 1 amide bonds. The minimum atomic E-state index is -0.291. The summed E-state index contributed by atoms with van der Waals surface area (Å²) in [6.07, 6.45) is 0.241. The summed E-state index contributed by atoms with van der Waals surface area (Å²) in [6.45, 7) is 0. The quantitative estimate of drug-likeness (QED) is 0.516. The molecule has 0 aliphatic carbocycles. The van der Waals surface area contributed by atoms with Crippen molar-refractivity contribution in [2.45, 2.75) is 23.2 Å². The average Bonchev–Trinajstić information content (AvgIpc) is 2.71. The highest BCUT2D eigenvalue weighted by Crippen LogP contribution is 2.36. The van der Waals surface area contributed by atoms with Gasteiger partial charge < -0.3 is 9.88 Å². The zero-order chi connectivity index (χ0) is 19.7. The first-order chi connectivity index (χ1) is 13.5. The van der Waals surface area contributed by atoms with E-state index >= 15 is 0 Å². The molecule has 0 fully saturated rings.